The fraction of sp³-hybridized carbons (Fsp3) is 0.357. The maximum Gasteiger partial charge on any atom is 0.246 e. The van der Waals surface area contributed by atoms with E-state index in [1.54, 1.807) is 11.9 Å². The summed E-state index contributed by atoms with van der Waals surface area (Å²) < 4.78 is 12.0. The zero-order chi connectivity index (χ0) is 13.1. The Balaban J connectivity index is 2.15. The number of nitrogens with zero attached hydrogens (tertiary/aromatic N) is 1. The summed E-state index contributed by atoms with van der Waals surface area (Å²) in [5, 5.41) is 0. The summed E-state index contributed by atoms with van der Waals surface area (Å²) in [6.07, 6.45) is 0.659. The molecular weight excluding hydrogens is 246 g/mol. The van der Waals surface area contributed by atoms with E-state index >= 15 is 0 Å². The number of carbonyl (C=O) groups excluding carboxylic acids is 1. The van der Waals surface area contributed by atoms with Crippen LogP contribution in [0.4, 0.5) is 5.69 Å². The third kappa shape index (κ3) is 1.24. The molecule has 1 fully saturated rings. The highest BCUT2D eigenvalue weighted by Gasteiger charge is 2.68. The molecule has 3 rings (SSSR count). The van der Waals surface area contributed by atoms with Gasteiger partial charge in [0, 0.05) is 13.0 Å². The number of benzene rings is 1. The van der Waals surface area contributed by atoms with Gasteiger partial charge in [-0.3, -0.25) is 9.00 Å². The predicted molar refractivity (Wildman–Crippen MR) is 71.9 cm³/mol. The second-order valence-electron chi connectivity index (χ2n) is 5.09. The molecule has 18 heavy (non-hydrogen) atoms. The molecule has 1 spiro atoms. The van der Waals surface area contributed by atoms with Gasteiger partial charge in [-0.2, -0.15) is 0 Å². The zero-order valence-electron chi connectivity index (χ0n) is 10.5. The Bertz CT molecular complexity index is 595. The van der Waals surface area contributed by atoms with Crippen LogP contribution in [0.5, 0.6) is 0 Å². The summed E-state index contributed by atoms with van der Waals surface area (Å²) in [6.45, 7) is 5.82. The maximum absolute atomic E-state index is 12.7. The van der Waals surface area contributed by atoms with Gasteiger partial charge in [-0.05, 0) is 25.5 Å². The molecule has 1 aromatic rings. The van der Waals surface area contributed by atoms with Crippen LogP contribution < -0.4 is 4.90 Å². The average Bonchev–Trinajstić information content (AvgIpc) is 3.11. The Labute approximate surface area is 109 Å². The predicted octanol–water partition coefficient (Wildman–Crippen LogP) is 2.11. The lowest BCUT2D eigenvalue weighted by molar-refractivity contribution is -0.118. The van der Waals surface area contributed by atoms with Crippen LogP contribution in [0.3, 0.4) is 0 Å². The van der Waals surface area contributed by atoms with Crippen LogP contribution in [0.15, 0.2) is 41.3 Å². The molecule has 2 aliphatic rings. The van der Waals surface area contributed by atoms with Crippen LogP contribution in [0.2, 0.25) is 0 Å². The summed E-state index contributed by atoms with van der Waals surface area (Å²) in [7, 11) is 0.489. The highest BCUT2D eigenvalue weighted by molar-refractivity contribution is 7.88. The van der Waals surface area contributed by atoms with Crippen molar-refractivity contribution in [1.29, 1.82) is 0 Å². The molecule has 1 aliphatic heterocycles. The van der Waals surface area contributed by atoms with Crippen LogP contribution >= 0.6 is 0 Å². The number of anilines is 1. The Hall–Kier alpha value is -1.42. The van der Waals surface area contributed by atoms with Crippen molar-refractivity contribution in [3.05, 3.63) is 36.4 Å². The molecule has 1 saturated carbocycles. The normalized spacial score (nSPS) is 33.4. The largest absolute Gasteiger partial charge is 0.313 e. The van der Waals surface area contributed by atoms with E-state index < -0.39 is 15.5 Å². The molecule has 0 aromatic heterocycles. The number of rotatable bonds is 1. The van der Waals surface area contributed by atoms with Crippen molar-refractivity contribution in [1.82, 2.24) is 0 Å². The molecule has 1 heterocycles. The highest BCUT2D eigenvalue weighted by atomic mass is 32.2. The number of hydrogen-bond donors (Lipinski definition) is 0. The van der Waals surface area contributed by atoms with Crippen molar-refractivity contribution in [2.24, 2.45) is 5.92 Å². The zero-order valence-corrected chi connectivity index (χ0v) is 11.3. The number of hydrogen-bond acceptors (Lipinski definition) is 2. The van der Waals surface area contributed by atoms with Gasteiger partial charge in [-0.1, -0.05) is 24.3 Å². The van der Waals surface area contributed by atoms with Crippen molar-refractivity contribution in [3.63, 3.8) is 0 Å². The Morgan fingerprint density at radius 3 is 2.78 bits per heavy atom. The molecule has 0 saturated heterocycles. The van der Waals surface area contributed by atoms with E-state index in [4.69, 9.17) is 0 Å². The van der Waals surface area contributed by atoms with Gasteiger partial charge in [0.2, 0.25) is 5.91 Å². The molecule has 0 bridgehead atoms. The van der Waals surface area contributed by atoms with Crippen molar-refractivity contribution >= 4 is 22.4 Å². The van der Waals surface area contributed by atoms with Crippen LogP contribution in [-0.4, -0.2) is 21.9 Å². The van der Waals surface area contributed by atoms with Gasteiger partial charge >= 0.3 is 0 Å². The first-order chi connectivity index (χ1) is 8.50. The third-order valence-corrected chi connectivity index (χ3v) is 5.96. The summed E-state index contributed by atoms with van der Waals surface area (Å²) in [4.78, 5) is 14.9. The lowest BCUT2D eigenvalue weighted by Crippen LogP contribution is -2.46. The lowest BCUT2D eigenvalue weighted by Gasteiger charge is -2.31. The van der Waals surface area contributed by atoms with E-state index in [2.05, 4.69) is 6.58 Å². The number of allylic oxidation sites excluding steroid dienone is 1. The average molecular weight is 261 g/mol. The van der Waals surface area contributed by atoms with Crippen LogP contribution in [-0.2, 0) is 15.6 Å². The van der Waals surface area contributed by atoms with Crippen molar-refractivity contribution in [3.8, 4) is 0 Å². The first kappa shape index (κ1) is 11.7. The first-order valence-electron chi connectivity index (χ1n) is 5.94. The van der Waals surface area contributed by atoms with Gasteiger partial charge in [-0.15, -0.1) is 0 Å². The fourth-order valence-electron chi connectivity index (χ4n) is 2.82. The SMILES string of the molecule is C=C(C)[C@H]1C[C@]12C(=O)N(C)c1ccccc1S2=O. The van der Waals surface area contributed by atoms with E-state index in [1.165, 1.54) is 0 Å². The second kappa shape index (κ2) is 3.54. The van der Waals surface area contributed by atoms with E-state index in [-0.39, 0.29) is 11.8 Å². The molecule has 1 aliphatic carbocycles. The molecule has 4 heteroatoms. The van der Waals surface area contributed by atoms with Crippen molar-refractivity contribution in [2.75, 3.05) is 11.9 Å². The minimum Gasteiger partial charge on any atom is -0.313 e. The third-order valence-electron chi connectivity index (χ3n) is 3.93. The molecule has 0 N–H and O–H groups in total. The lowest BCUT2D eigenvalue weighted by atomic mass is 10.1. The molecule has 3 nitrogen and oxygen atoms in total. The van der Waals surface area contributed by atoms with Crippen LogP contribution in [0.1, 0.15) is 13.3 Å². The minimum absolute atomic E-state index is 0.0347. The van der Waals surface area contributed by atoms with Gasteiger partial charge in [0.1, 0.15) is 4.75 Å². The smallest absolute Gasteiger partial charge is 0.246 e. The van der Waals surface area contributed by atoms with Crippen molar-refractivity contribution < 1.29 is 9.00 Å². The van der Waals surface area contributed by atoms with Gasteiger partial charge in [-0.25, -0.2) is 0 Å². The summed E-state index contributed by atoms with van der Waals surface area (Å²) in [5.74, 6) is 0.0224. The molecule has 3 atom stereocenters. The second-order valence-corrected chi connectivity index (χ2v) is 6.80. The van der Waals surface area contributed by atoms with Gasteiger partial charge in [0.25, 0.3) is 0 Å². The molecule has 94 valence electrons. The quantitative estimate of drug-likeness (QED) is 0.726. The molecule has 1 aromatic carbocycles. The highest BCUT2D eigenvalue weighted by Crippen LogP contribution is 2.58. The van der Waals surface area contributed by atoms with Gasteiger partial charge in [0.15, 0.2) is 0 Å². The molecular formula is C14H15NO2S. The first-order valence-corrected chi connectivity index (χ1v) is 7.09. The number of fused-ring (bicyclic) bond motifs is 1. The van der Waals surface area contributed by atoms with Crippen LogP contribution in [0.25, 0.3) is 0 Å². The van der Waals surface area contributed by atoms with E-state index in [0.29, 0.717) is 6.42 Å². The molecule has 1 amide bonds. The molecule has 0 radical (unpaired) electrons. The minimum atomic E-state index is -1.27. The van der Waals surface area contributed by atoms with Crippen LogP contribution in [0, 0.1) is 5.92 Å². The van der Waals surface area contributed by atoms with Gasteiger partial charge < -0.3 is 4.90 Å². The Morgan fingerprint density at radius 1 is 1.50 bits per heavy atom. The Morgan fingerprint density at radius 2 is 2.17 bits per heavy atom. The summed E-state index contributed by atoms with van der Waals surface area (Å²) in [6, 6.07) is 7.42. The monoisotopic (exact) mass is 261 g/mol. The summed E-state index contributed by atoms with van der Waals surface area (Å²) in [5.41, 5.74) is 1.71. The maximum atomic E-state index is 12.7. The topological polar surface area (TPSA) is 37.4 Å². The van der Waals surface area contributed by atoms with Crippen molar-refractivity contribution in [2.45, 2.75) is 23.0 Å². The number of amides is 1. The fourth-order valence-corrected chi connectivity index (χ4v) is 4.88. The number of carbonyl (C=O) groups is 1. The van der Waals surface area contributed by atoms with E-state index in [1.807, 2.05) is 31.2 Å². The summed E-state index contributed by atoms with van der Waals surface area (Å²) >= 11 is 0. The van der Waals surface area contributed by atoms with E-state index in [0.717, 1.165) is 16.2 Å². The standard InChI is InChI=1S/C14H15NO2S/c1-9(2)10-8-14(10)13(16)15(3)11-6-4-5-7-12(11)18(14)17/h4-7,10H,1,8H2,2-3H3/t10-,14-,18?/m1/s1. The number of para-hydroxylation sites is 1. The van der Waals surface area contributed by atoms with E-state index in [9.17, 15) is 9.00 Å². The molecule has 1 unspecified atom stereocenters. The Kier molecular flexibility index (Phi) is 2.29. The van der Waals surface area contributed by atoms with Gasteiger partial charge in [0.05, 0.1) is 21.4 Å².